The van der Waals surface area contributed by atoms with Gasteiger partial charge in [0.2, 0.25) is 5.89 Å². The molecule has 0 saturated heterocycles. The summed E-state index contributed by atoms with van der Waals surface area (Å²) in [7, 11) is 0. The van der Waals surface area contributed by atoms with E-state index < -0.39 is 0 Å². The molecule has 0 aliphatic carbocycles. The highest BCUT2D eigenvalue weighted by Gasteiger charge is 2.08. The fourth-order valence-electron chi connectivity index (χ4n) is 2.44. The highest BCUT2D eigenvalue weighted by Crippen LogP contribution is 2.20. The summed E-state index contributed by atoms with van der Waals surface area (Å²) < 4.78 is 5.81. The van der Waals surface area contributed by atoms with Gasteiger partial charge in [0.15, 0.2) is 11.7 Å². The molecule has 2 heterocycles. The fraction of sp³-hybridized carbons (Fsp3) is 0.350. The van der Waals surface area contributed by atoms with Crippen molar-refractivity contribution in [2.75, 3.05) is 6.54 Å². The molecule has 0 aliphatic rings. The first-order chi connectivity index (χ1) is 13.2. The topological polar surface area (TPSA) is 75.3 Å². The van der Waals surface area contributed by atoms with Crippen molar-refractivity contribution in [3.8, 4) is 11.3 Å². The maximum atomic E-state index is 5.81. The molecule has 2 aromatic heterocycles. The van der Waals surface area contributed by atoms with Gasteiger partial charge in [0.25, 0.3) is 0 Å². The second-order valence-corrected chi connectivity index (χ2v) is 7.30. The van der Waals surface area contributed by atoms with Crippen LogP contribution in [-0.2, 0) is 13.1 Å². The summed E-state index contributed by atoms with van der Waals surface area (Å²) in [6.07, 6.45) is 1.74. The number of rotatable bonds is 7. The zero-order valence-electron chi connectivity index (χ0n) is 15.9. The smallest absolute Gasteiger partial charge is 0.216 e. The first-order valence-electron chi connectivity index (χ1n) is 9.12. The Morgan fingerprint density at radius 3 is 2.74 bits per heavy atom. The average molecular weight is 384 g/mol. The highest BCUT2D eigenvalue weighted by atomic mass is 32.1. The molecule has 2 N–H and O–H groups in total. The summed E-state index contributed by atoms with van der Waals surface area (Å²) in [5.41, 5.74) is 2.14. The van der Waals surface area contributed by atoms with E-state index in [0.29, 0.717) is 24.9 Å². The van der Waals surface area contributed by atoms with Crippen LogP contribution in [0.4, 0.5) is 0 Å². The standard InChI is InChI=1S/C20H25N5OS/c1-4-21-20(24-12-19-25-16(13-27-19)14(2)3)23-11-18-22-10-17(26-18)15-8-6-5-7-9-15/h5-10,13-14H,4,11-12H2,1-3H3,(H2,21,23,24). The number of nitrogens with one attached hydrogen (secondary N) is 2. The Morgan fingerprint density at radius 1 is 1.22 bits per heavy atom. The van der Waals surface area contributed by atoms with E-state index >= 15 is 0 Å². The Kier molecular flexibility index (Phi) is 6.59. The Labute approximate surface area is 163 Å². The normalized spacial score (nSPS) is 11.8. The Hall–Kier alpha value is -2.67. The van der Waals surface area contributed by atoms with E-state index in [1.54, 1.807) is 17.5 Å². The van der Waals surface area contributed by atoms with E-state index in [4.69, 9.17) is 4.42 Å². The molecule has 0 bridgehead atoms. The van der Waals surface area contributed by atoms with Crippen LogP contribution in [0.3, 0.4) is 0 Å². The van der Waals surface area contributed by atoms with Gasteiger partial charge < -0.3 is 15.1 Å². The van der Waals surface area contributed by atoms with Gasteiger partial charge >= 0.3 is 0 Å². The molecule has 0 unspecified atom stereocenters. The molecule has 1 aromatic carbocycles. The highest BCUT2D eigenvalue weighted by molar-refractivity contribution is 7.09. The van der Waals surface area contributed by atoms with Crippen LogP contribution in [-0.4, -0.2) is 22.5 Å². The SMILES string of the molecule is CCNC(=NCc1ncc(-c2ccccc2)o1)NCc1nc(C(C)C)cs1. The molecule has 0 fully saturated rings. The summed E-state index contributed by atoms with van der Waals surface area (Å²) >= 11 is 1.67. The van der Waals surface area contributed by atoms with Gasteiger partial charge in [0.1, 0.15) is 11.6 Å². The monoisotopic (exact) mass is 383 g/mol. The lowest BCUT2D eigenvalue weighted by Crippen LogP contribution is -2.36. The summed E-state index contributed by atoms with van der Waals surface area (Å²) in [5.74, 6) is 2.50. The van der Waals surface area contributed by atoms with E-state index in [1.807, 2.05) is 37.3 Å². The van der Waals surface area contributed by atoms with Crippen LogP contribution in [0.15, 0.2) is 51.3 Å². The summed E-state index contributed by atoms with van der Waals surface area (Å²) in [4.78, 5) is 13.5. The summed E-state index contributed by atoms with van der Waals surface area (Å²) in [5, 5.41) is 9.72. The van der Waals surface area contributed by atoms with E-state index in [9.17, 15) is 0 Å². The summed E-state index contributed by atoms with van der Waals surface area (Å²) in [6, 6.07) is 9.93. The van der Waals surface area contributed by atoms with Crippen LogP contribution in [0.25, 0.3) is 11.3 Å². The Morgan fingerprint density at radius 2 is 2.04 bits per heavy atom. The first-order valence-corrected chi connectivity index (χ1v) is 10.00. The van der Waals surface area contributed by atoms with Gasteiger partial charge in [0, 0.05) is 17.5 Å². The van der Waals surface area contributed by atoms with Gasteiger partial charge in [-0.2, -0.15) is 0 Å². The van der Waals surface area contributed by atoms with Crippen molar-refractivity contribution in [1.82, 2.24) is 20.6 Å². The molecule has 0 atom stereocenters. The predicted octanol–water partition coefficient (Wildman–Crippen LogP) is 4.18. The lowest BCUT2D eigenvalue weighted by Gasteiger charge is -2.09. The van der Waals surface area contributed by atoms with E-state index in [2.05, 4.69) is 44.8 Å². The Balaban J connectivity index is 1.61. The zero-order chi connectivity index (χ0) is 19.1. The number of aliphatic imine (C=N–C) groups is 1. The van der Waals surface area contributed by atoms with Gasteiger partial charge in [-0.05, 0) is 12.8 Å². The number of benzene rings is 1. The number of hydrogen-bond acceptors (Lipinski definition) is 5. The van der Waals surface area contributed by atoms with Crippen LogP contribution in [0.1, 0.15) is 43.3 Å². The first kappa shape index (κ1) is 19.1. The van der Waals surface area contributed by atoms with Crippen LogP contribution >= 0.6 is 11.3 Å². The van der Waals surface area contributed by atoms with Gasteiger partial charge in [-0.25, -0.2) is 15.0 Å². The van der Waals surface area contributed by atoms with E-state index in [1.165, 1.54) is 0 Å². The minimum atomic E-state index is 0.372. The number of aromatic nitrogens is 2. The summed E-state index contributed by atoms with van der Waals surface area (Å²) in [6.45, 7) is 8.13. The second-order valence-electron chi connectivity index (χ2n) is 6.35. The molecule has 0 radical (unpaired) electrons. The number of nitrogens with zero attached hydrogens (tertiary/aromatic N) is 3. The van der Waals surface area contributed by atoms with Crippen molar-refractivity contribution in [3.63, 3.8) is 0 Å². The molecule has 0 saturated carbocycles. The quantitative estimate of drug-likeness (QED) is 0.473. The minimum absolute atomic E-state index is 0.372. The van der Waals surface area contributed by atoms with Crippen LogP contribution in [0, 0.1) is 0 Å². The maximum absolute atomic E-state index is 5.81. The molecule has 3 rings (SSSR count). The lowest BCUT2D eigenvalue weighted by atomic mass is 10.2. The van der Waals surface area contributed by atoms with Gasteiger partial charge in [-0.3, -0.25) is 0 Å². The third-order valence-corrected chi connectivity index (χ3v) is 4.76. The van der Waals surface area contributed by atoms with E-state index in [0.717, 1.165) is 34.5 Å². The molecule has 27 heavy (non-hydrogen) atoms. The van der Waals surface area contributed by atoms with Crippen molar-refractivity contribution in [2.24, 2.45) is 4.99 Å². The number of thiazole rings is 1. The van der Waals surface area contributed by atoms with Crippen molar-refractivity contribution >= 4 is 17.3 Å². The largest absolute Gasteiger partial charge is 0.439 e. The molecule has 7 heteroatoms. The van der Waals surface area contributed by atoms with Gasteiger partial charge in [0.05, 0.1) is 18.4 Å². The van der Waals surface area contributed by atoms with Crippen LogP contribution in [0.2, 0.25) is 0 Å². The molecule has 0 aliphatic heterocycles. The van der Waals surface area contributed by atoms with Crippen molar-refractivity contribution in [3.05, 3.63) is 58.5 Å². The third-order valence-electron chi connectivity index (χ3n) is 3.90. The zero-order valence-corrected chi connectivity index (χ0v) is 16.7. The molecule has 142 valence electrons. The van der Waals surface area contributed by atoms with Crippen LogP contribution < -0.4 is 10.6 Å². The minimum Gasteiger partial charge on any atom is -0.439 e. The second kappa shape index (κ2) is 9.32. The molecular weight excluding hydrogens is 358 g/mol. The average Bonchev–Trinajstić information content (AvgIpc) is 3.34. The third kappa shape index (κ3) is 5.40. The lowest BCUT2D eigenvalue weighted by molar-refractivity contribution is 0.509. The van der Waals surface area contributed by atoms with Gasteiger partial charge in [-0.1, -0.05) is 44.2 Å². The van der Waals surface area contributed by atoms with Crippen molar-refractivity contribution in [1.29, 1.82) is 0 Å². The Bertz CT molecular complexity index is 869. The molecule has 6 nitrogen and oxygen atoms in total. The maximum Gasteiger partial charge on any atom is 0.216 e. The molecule has 3 aromatic rings. The van der Waals surface area contributed by atoms with Crippen molar-refractivity contribution in [2.45, 2.75) is 39.8 Å². The number of oxazole rings is 1. The number of hydrogen-bond donors (Lipinski definition) is 2. The fourth-order valence-corrected chi connectivity index (χ4v) is 3.33. The van der Waals surface area contributed by atoms with Crippen LogP contribution in [0.5, 0.6) is 0 Å². The molecular formula is C20H25N5OS. The van der Waals surface area contributed by atoms with Gasteiger partial charge in [-0.15, -0.1) is 11.3 Å². The molecule has 0 amide bonds. The van der Waals surface area contributed by atoms with Crippen molar-refractivity contribution < 1.29 is 4.42 Å². The molecule has 0 spiro atoms. The number of guanidine groups is 1. The predicted molar refractivity (Wildman–Crippen MR) is 110 cm³/mol. The van der Waals surface area contributed by atoms with E-state index in [-0.39, 0.29) is 0 Å².